The van der Waals surface area contributed by atoms with Crippen molar-refractivity contribution in [3.63, 3.8) is 0 Å². The van der Waals surface area contributed by atoms with E-state index >= 15 is 0 Å². The van der Waals surface area contributed by atoms with E-state index in [9.17, 15) is 0 Å². The first kappa shape index (κ1) is 16.1. The lowest BCUT2D eigenvalue weighted by molar-refractivity contribution is 0.142. The van der Waals surface area contributed by atoms with Crippen LogP contribution in [0.25, 0.3) is 0 Å². The predicted molar refractivity (Wildman–Crippen MR) is 81.9 cm³/mol. The van der Waals surface area contributed by atoms with Crippen LogP contribution in [0, 0.1) is 5.92 Å². The molecule has 0 bridgehead atoms. The van der Waals surface area contributed by atoms with Crippen molar-refractivity contribution in [3.05, 3.63) is 30.1 Å². The maximum absolute atomic E-state index is 6.35. The lowest BCUT2D eigenvalue weighted by Gasteiger charge is -2.37. The molecule has 0 amide bonds. The van der Waals surface area contributed by atoms with Gasteiger partial charge in [0.1, 0.15) is 0 Å². The number of aromatic nitrogens is 1. The Bertz CT molecular complexity index is 350. The molecule has 19 heavy (non-hydrogen) atoms. The molecule has 0 fully saturated rings. The molecule has 1 aromatic heterocycles. The highest BCUT2D eigenvalue weighted by molar-refractivity contribution is 5.16. The summed E-state index contributed by atoms with van der Waals surface area (Å²) in [7, 11) is 2.18. The summed E-state index contributed by atoms with van der Waals surface area (Å²) in [6, 6.07) is 5.02. The van der Waals surface area contributed by atoms with Crippen LogP contribution >= 0.6 is 0 Å². The molecule has 3 nitrogen and oxygen atoms in total. The van der Waals surface area contributed by atoms with Crippen LogP contribution in [0.4, 0.5) is 0 Å². The van der Waals surface area contributed by atoms with Gasteiger partial charge in [0.05, 0.1) is 6.04 Å². The number of nitrogens with zero attached hydrogens (tertiary/aromatic N) is 2. The summed E-state index contributed by atoms with van der Waals surface area (Å²) in [4.78, 5) is 6.65. The fourth-order valence-electron chi connectivity index (χ4n) is 2.68. The van der Waals surface area contributed by atoms with Crippen molar-refractivity contribution in [1.82, 2.24) is 9.88 Å². The van der Waals surface area contributed by atoms with E-state index < -0.39 is 0 Å². The van der Waals surface area contributed by atoms with Gasteiger partial charge in [-0.3, -0.25) is 9.88 Å². The van der Waals surface area contributed by atoms with Crippen LogP contribution in [-0.2, 0) is 0 Å². The van der Waals surface area contributed by atoms with Gasteiger partial charge in [-0.1, -0.05) is 26.8 Å². The first-order chi connectivity index (χ1) is 8.97. The Hall–Kier alpha value is -0.930. The molecule has 1 heterocycles. The molecule has 2 N–H and O–H groups in total. The van der Waals surface area contributed by atoms with Gasteiger partial charge in [-0.05, 0) is 44.4 Å². The molecule has 0 aliphatic carbocycles. The zero-order chi connectivity index (χ0) is 14.4. The van der Waals surface area contributed by atoms with E-state index in [4.69, 9.17) is 5.73 Å². The van der Waals surface area contributed by atoms with E-state index in [0.717, 1.165) is 6.42 Å². The molecule has 0 aliphatic rings. The van der Waals surface area contributed by atoms with Gasteiger partial charge in [-0.2, -0.15) is 0 Å². The van der Waals surface area contributed by atoms with Crippen molar-refractivity contribution in [3.8, 4) is 0 Å². The molecule has 1 rings (SSSR count). The van der Waals surface area contributed by atoms with Crippen LogP contribution in [0.1, 0.15) is 52.1 Å². The SMILES string of the molecule is CCC(N)C(c1cccnc1)N(C)C(C)CC(C)C. The van der Waals surface area contributed by atoms with Crippen molar-refractivity contribution < 1.29 is 0 Å². The van der Waals surface area contributed by atoms with Crippen molar-refractivity contribution in [1.29, 1.82) is 0 Å². The third-order valence-corrected chi connectivity index (χ3v) is 3.85. The Morgan fingerprint density at radius 2 is 2.00 bits per heavy atom. The molecule has 0 saturated heterocycles. The Morgan fingerprint density at radius 3 is 2.47 bits per heavy atom. The van der Waals surface area contributed by atoms with E-state index in [2.05, 4.69) is 50.7 Å². The molecular formula is C16H29N3. The van der Waals surface area contributed by atoms with E-state index in [0.29, 0.717) is 12.0 Å². The second-order valence-electron chi connectivity index (χ2n) is 5.95. The molecule has 0 aromatic carbocycles. The van der Waals surface area contributed by atoms with Gasteiger partial charge in [-0.15, -0.1) is 0 Å². The number of pyridine rings is 1. The summed E-state index contributed by atoms with van der Waals surface area (Å²) in [5, 5.41) is 0. The molecule has 3 heteroatoms. The third kappa shape index (κ3) is 4.59. The van der Waals surface area contributed by atoms with Crippen molar-refractivity contribution >= 4 is 0 Å². The number of rotatable bonds is 7. The average Bonchev–Trinajstić information content (AvgIpc) is 2.39. The first-order valence-electron chi connectivity index (χ1n) is 7.34. The standard InChI is InChI=1S/C16H29N3/c1-6-15(17)16(14-8-7-9-18-11-14)19(5)13(4)10-12(2)3/h7-9,11-13,15-16H,6,10,17H2,1-5H3. The van der Waals surface area contributed by atoms with Gasteiger partial charge in [0.25, 0.3) is 0 Å². The Balaban J connectivity index is 2.91. The van der Waals surface area contributed by atoms with Gasteiger partial charge in [-0.25, -0.2) is 0 Å². The number of hydrogen-bond acceptors (Lipinski definition) is 3. The minimum absolute atomic E-state index is 0.142. The zero-order valence-electron chi connectivity index (χ0n) is 13.0. The van der Waals surface area contributed by atoms with Crippen LogP contribution in [-0.4, -0.2) is 29.0 Å². The summed E-state index contributed by atoms with van der Waals surface area (Å²) >= 11 is 0. The number of nitrogens with two attached hydrogens (primary N) is 1. The molecule has 3 unspecified atom stereocenters. The molecule has 0 radical (unpaired) electrons. The number of hydrogen-bond donors (Lipinski definition) is 1. The van der Waals surface area contributed by atoms with Gasteiger partial charge >= 0.3 is 0 Å². The molecule has 0 aliphatic heterocycles. The van der Waals surface area contributed by atoms with Gasteiger partial charge in [0.15, 0.2) is 0 Å². The highest BCUT2D eigenvalue weighted by Gasteiger charge is 2.26. The molecular weight excluding hydrogens is 234 g/mol. The second kappa shape index (κ2) is 7.61. The van der Waals surface area contributed by atoms with Gasteiger partial charge < -0.3 is 5.73 Å². The summed E-state index contributed by atoms with van der Waals surface area (Å²) in [6.07, 6.45) is 5.91. The van der Waals surface area contributed by atoms with Crippen LogP contribution in [0.5, 0.6) is 0 Å². The van der Waals surface area contributed by atoms with Crippen LogP contribution < -0.4 is 5.73 Å². The molecule has 108 valence electrons. The topological polar surface area (TPSA) is 42.1 Å². The average molecular weight is 263 g/mol. The summed E-state index contributed by atoms with van der Waals surface area (Å²) in [6.45, 7) is 8.97. The monoisotopic (exact) mass is 263 g/mol. The Kier molecular flexibility index (Phi) is 6.46. The Morgan fingerprint density at radius 1 is 1.32 bits per heavy atom. The Labute approximate surface area is 118 Å². The molecule has 3 atom stereocenters. The summed E-state index contributed by atoms with van der Waals surface area (Å²) in [5.41, 5.74) is 7.57. The third-order valence-electron chi connectivity index (χ3n) is 3.85. The molecule has 0 spiro atoms. The summed E-state index contributed by atoms with van der Waals surface area (Å²) in [5.74, 6) is 0.699. The summed E-state index contributed by atoms with van der Waals surface area (Å²) < 4.78 is 0. The lowest BCUT2D eigenvalue weighted by atomic mass is 9.95. The predicted octanol–water partition coefficient (Wildman–Crippen LogP) is 3.23. The highest BCUT2D eigenvalue weighted by Crippen LogP contribution is 2.26. The quantitative estimate of drug-likeness (QED) is 0.821. The largest absolute Gasteiger partial charge is 0.326 e. The highest BCUT2D eigenvalue weighted by atomic mass is 15.2. The van der Waals surface area contributed by atoms with Crippen LogP contribution in [0.2, 0.25) is 0 Å². The van der Waals surface area contributed by atoms with E-state index in [1.807, 2.05) is 18.5 Å². The first-order valence-corrected chi connectivity index (χ1v) is 7.34. The van der Waals surface area contributed by atoms with Crippen molar-refractivity contribution in [2.45, 2.75) is 58.7 Å². The van der Waals surface area contributed by atoms with Crippen molar-refractivity contribution in [2.75, 3.05) is 7.05 Å². The smallest absolute Gasteiger partial charge is 0.0514 e. The van der Waals surface area contributed by atoms with E-state index in [-0.39, 0.29) is 12.1 Å². The minimum atomic E-state index is 0.142. The minimum Gasteiger partial charge on any atom is -0.326 e. The van der Waals surface area contributed by atoms with E-state index in [1.54, 1.807) is 0 Å². The fourth-order valence-corrected chi connectivity index (χ4v) is 2.68. The van der Waals surface area contributed by atoms with Crippen molar-refractivity contribution in [2.24, 2.45) is 11.7 Å². The molecule has 1 aromatic rings. The normalized spacial score (nSPS) is 16.6. The maximum Gasteiger partial charge on any atom is 0.0514 e. The zero-order valence-corrected chi connectivity index (χ0v) is 13.0. The van der Waals surface area contributed by atoms with Gasteiger partial charge in [0, 0.05) is 24.5 Å². The van der Waals surface area contributed by atoms with E-state index in [1.165, 1.54) is 12.0 Å². The van der Waals surface area contributed by atoms with Crippen LogP contribution in [0.3, 0.4) is 0 Å². The number of likely N-dealkylation sites (N-methyl/N-ethyl adjacent to an activating group) is 1. The maximum atomic E-state index is 6.35. The van der Waals surface area contributed by atoms with Gasteiger partial charge in [0.2, 0.25) is 0 Å². The molecule has 0 saturated carbocycles. The second-order valence-corrected chi connectivity index (χ2v) is 5.95. The lowest BCUT2D eigenvalue weighted by Crippen LogP contribution is -2.43. The van der Waals surface area contributed by atoms with Crippen LogP contribution in [0.15, 0.2) is 24.5 Å². The fraction of sp³-hybridized carbons (Fsp3) is 0.688.